The summed E-state index contributed by atoms with van der Waals surface area (Å²) in [7, 11) is 1.52. The Morgan fingerprint density at radius 3 is 2.44 bits per heavy atom. The Morgan fingerprint density at radius 2 is 1.78 bits per heavy atom. The van der Waals surface area contributed by atoms with E-state index in [1.165, 1.54) is 19.2 Å². The minimum absolute atomic E-state index is 0.00327. The second kappa shape index (κ2) is 9.44. The van der Waals surface area contributed by atoms with E-state index in [-0.39, 0.29) is 23.5 Å². The van der Waals surface area contributed by atoms with Gasteiger partial charge < -0.3 is 14.8 Å². The first-order valence-electron chi connectivity index (χ1n) is 9.90. The topological polar surface area (TPSA) is 67.9 Å². The zero-order valence-corrected chi connectivity index (χ0v) is 17.9. The highest BCUT2D eigenvalue weighted by Gasteiger charge is 2.39. The number of hydrogen-bond acceptors (Lipinski definition) is 5. The quantitative estimate of drug-likeness (QED) is 0.478. The molecular formula is C23H23F3N2O4. The third kappa shape index (κ3) is 5.28. The minimum atomic E-state index is -4.85. The average molecular weight is 448 g/mol. The van der Waals surface area contributed by atoms with Crippen LogP contribution in [0.25, 0.3) is 5.57 Å². The van der Waals surface area contributed by atoms with Crippen molar-refractivity contribution in [1.82, 2.24) is 4.90 Å². The van der Waals surface area contributed by atoms with Gasteiger partial charge in [-0.25, -0.2) is 0 Å². The molecule has 0 radical (unpaired) electrons. The molecule has 2 amide bonds. The highest BCUT2D eigenvalue weighted by atomic mass is 19.4. The standard InChI is InChI=1S/C23H23F3N2O4/c1-14-8-9-18(15(2)12-14)19-20(22(30)28(21(19)29)10-5-11-31-3)27-16-6-4-7-17(13-16)32-23(24,25)26/h4,6-9,12-13,27H,5,10-11H2,1-3H3. The molecule has 0 saturated carbocycles. The normalized spacial score (nSPS) is 14.4. The summed E-state index contributed by atoms with van der Waals surface area (Å²) in [6, 6.07) is 10.6. The average Bonchev–Trinajstić information content (AvgIpc) is 2.92. The number of rotatable bonds is 8. The molecule has 1 aliphatic rings. The van der Waals surface area contributed by atoms with Gasteiger partial charge in [-0.05, 0) is 43.5 Å². The van der Waals surface area contributed by atoms with Crippen molar-refractivity contribution in [2.24, 2.45) is 0 Å². The Morgan fingerprint density at radius 1 is 1.03 bits per heavy atom. The highest BCUT2D eigenvalue weighted by Crippen LogP contribution is 2.33. The summed E-state index contributed by atoms with van der Waals surface area (Å²) in [5.41, 5.74) is 2.73. The molecule has 32 heavy (non-hydrogen) atoms. The molecule has 0 spiro atoms. The molecular weight excluding hydrogens is 425 g/mol. The van der Waals surface area contributed by atoms with Crippen LogP contribution in [0, 0.1) is 13.8 Å². The Bertz CT molecular complexity index is 1060. The maximum absolute atomic E-state index is 13.2. The Kier molecular flexibility index (Phi) is 6.88. The number of imide groups is 1. The number of ether oxygens (including phenoxy) is 2. The molecule has 0 saturated heterocycles. The molecule has 0 unspecified atom stereocenters. The van der Waals surface area contributed by atoms with Crippen LogP contribution >= 0.6 is 0 Å². The summed E-state index contributed by atoms with van der Waals surface area (Å²) in [5, 5.41) is 2.85. The number of methoxy groups -OCH3 is 1. The molecule has 1 N–H and O–H groups in total. The number of anilines is 1. The van der Waals surface area contributed by atoms with Crippen molar-refractivity contribution < 1.29 is 32.2 Å². The van der Waals surface area contributed by atoms with Crippen LogP contribution in [0.4, 0.5) is 18.9 Å². The molecule has 2 aromatic carbocycles. The van der Waals surface area contributed by atoms with Gasteiger partial charge in [0.1, 0.15) is 11.4 Å². The van der Waals surface area contributed by atoms with Crippen LogP contribution in [0.2, 0.25) is 0 Å². The third-order valence-electron chi connectivity index (χ3n) is 4.89. The predicted molar refractivity (Wildman–Crippen MR) is 113 cm³/mol. The van der Waals surface area contributed by atoms with Crippen LogP contribution in [0.3, 0.4) is 0 Å². The molecule has 2 aromatic rings. The lowest BCUT2D eigenvalue weighted by atomic mass is 9.97. The zero-order chi connectivity index (χ0) is 23.5. The molecule has 3 rings (SSSR count). The lowest BCUT2D eigenvalue weighted by molar-refractivity contribution is -0.274. The first-order chi connectivity index (χ1) is 15.1. The van der Waals surface area contributed by atoms with Crippen LogP contribution in [0.15, 0.2) is 48.2 Å². The Labute approximate surface area is 183 Å². The molecule has 1 heterocycles. The molecule has 0 atom stereocenters. The van der Waals surface area contributed by atoms with Crippen LogP contribution in [-0.4, -0.2) is 43.3 Å². The van der Waals surface area contributed by atoms with Gasteiger partial charge in [-0.1, -0.05) is 29.8 Å². The second-order valence-electron chi connectivity index (χ2n) is 7.38. The number of hydrogen-bond donors (Lipinski definition) is 1. The summed E-state index contributed by atoms with van der Waals surface area (Å²) in [4.78, 5) is 27.4. The van der Waals surface area contributed by atoms with Gasteiger partial charge in [0.05, 0.1) is 5.57 Å². The van der Waals surface area contributed by atoms with E-state index >= 15 is 0 Å². The number of alkyl halides is 3. The molecule has 9 heteroatoms. The number of nitrogens with zero attached hydrogens (tertiary/aromatic N) is 1. The van der Waals surface area contributed by atoms with Gasteiger partial charge in [0.15, 0.2) is 0 Å². The van der Waals surface area contributed by atoms with Crippen molar-refractivity contribution >= 4 is 23.1 Å². The van der Waals surface area contributed by atoms with Gasteiger partial charge in [0.25, 0.3) is 11.8 Å². The van der Waals surface area contributed by atoms with Crippen LogP contribution < -0.4 is 10.1 Å². The largest absolute Gasteiger partial charge is 0.573 e. The smallest absolute Gasteiger partial charge is 0.406 e. The molecule has 0 fully saturated rings. The maximum atomic E-state index is 13.2. The molecule has 0 aliphatic carbocycles. The van der Waals surface area contributed by atoms with Gasteiger partial charge in [0, 0.05) is 32.0 Å². The number of amides is 2. The first-order valence-corrected chi connectivity index (χ1v) is 9.90. The van der Waals surface area contributed by atoms with E-state index in [9.17, 15) is 22.8 Å². The van der Waals surface area contributed by atoms with Crippen molar-refractivity contribution in [3.8, 4) is 5.75 Å². The second-order valence-corrected chi connectivity index (χ2v) is 7.38. The van der Waals surface area contributed by atoms with E-state index in [0.717, 1.165) is 28.2 Å². The number of carbonyl (C=O) groups is 2. The van der Waals surface area contributed by atoms with Gasteiger partial charge in [-0.2, -0.15) is 0 Å². The van der Waals surface area contributed by atoms with Crippen LogP contribution in [-0.2, 0) is 14.3 Å². The monoisotopic (exact) mass is 448 g/mol. The van der Waals surface area contributed by atoms with E-state index in [4.69, 9.17) is 4.74 Å². The Balaban J connectivity index is 2.01. The van der Waals surface area contributed by atoms with E-state index < -0.39 is 23.9 Å². The molecule has 0 aromatic heterocycles. The minimum Gasteiger partial charge on any atom is -0.406 e. The third-order valence-corrected chi connectivity index (χ3v) is 4.89. The van der Waals surface area contributed by atoms with E-state index in [1.54, 1.807) is 6.07 Å². The van der Waals surface area contributed by atoms with Gasteiger partial charge >= 0.3 is 6.36 Å². The predicted octanol–water partition coefficient (Wildman–Crippen LogP) is 4.43. The highest BCUT2D eigenvalue weighted by molar-refractivity contribution is 6.36. The fourth-order valence-electron chi connectivity index (χ4n) is 3.52. The number of aryl methyl sites for hydroxylation is 2. The SMILES string of the molecule is COCCCN1C(=O)C(Nc2cccc(OC(F)(F)F)c2)=C(c2ccc(C)cc2C)C1=O. The number of nitrogens with one attached hydrogen (secondary N) is 1. The van der Waals surface area contributed by atoms with Crippen molar-refractivity contribution in [2.45, 2.75) is 26.6 Å². The van der Waals surface area contributed by atoms with Gasteiger partial charge in [-0.15, -0.1) is 13.2 Å². The van der Waals surface area contributed by atoms with E-state index in [2.05, 4.69) is 10.1 Å². The first kappa shape index (κ1) is 23.3. The van der Waals surface area contributed by atoms with E-state index in [1.807, 2.05) is 26.0 Å². The molecule has 1 aliphatic heterocycles. The summed E-state index contributed by atoms with van der Waals surface area (Å²) in [5.74, 6) is -1.46. The van der Waals surface area contributed by atoms with Gasteiger partial charge in [0.2, 0.25) is 0 Å². The fourth-order valence-corrected chi connectivity index (χ4v) is 3.52. The molecule has 170 valence electrons. The molecule has 0 bridgehead atoms. The molecule has 6 nitrogen and oxygen atoms in total. The number of benzene rings is 2. The summed E-state index contributed by atoms with van der Waals surface area (Å²) in [6.07, 6.45) is -4.39. The lowest BCUT2D eigenvalue weighted by Crippen LogP contribution is -2.34. The summed E-state index contributed by atoms with van der Waals surface area (Å²) < 4.78 is 46.7. The van der Waals surface area contributed by atoms with Crippen LogP contribution in [0.5, 0.6) is 5.75 Å². The van der Waals surface area contributed by atoms with Crippen molar-refractivity contribution in [1.29, 1.82) is 0 Å². The summed E-state index contributed by atoms with van der Waals surface area (Å²) in [6.45, 7) is 4.27. The van der Waals surface area contributed by atoms with Crippen molar-refractivity contribution in [3.05, 3.63) is 64.9 Å². The Hall–Kier alpha value is -3.33. The van der Waals surface area contributed by atoms with Gasteiger partial charge in [-0.3, -0.25) is 14.5 Å². The fraction of sp³-hybridized carbons (Fsp3) is 0.304. The maximum Gasteiger partial charge on any atom is 0.573 e. The van der Waals surface area contributed by atoms with Crippen molar-refractivity contribution in [2.75, 3.05) is 25.6 Å². The number of halogens is 3. The van der Waals surface area contributed by atoms with Crippen molar-refractivity contribution in [3.63, 3.8) is 0 Å². The van der Waals surface area contributed by atoms with E-state index in [0.29, 0.717) is 18.6 Å². The lowest BCUT2D eigenvalue weighted by Gasteiger charge is -2.15. The van der Waals surface area contributed by atoms with Crippen LogP contribution in [0.1, 0.15) is 23.1 Å². The summed E-state index contributed by atoms with van der Waals surface area (Å²) >= 11 is 0. The number of carbonyl (C=O) groups excluding carboxylic acids is 2. The zero-order valence-electron chi connectivity index (χ0n) is 17.9.